The third-order valence-electron chi connectivity index (χ3n) is 6.03. The largest absolute Gasteiger partial charge is 0.384 e. The quantitative estimate of drug-likeness (QED) is 0.304. The second kappa shape index (κ2) is 9.60. The van der Waals surface area contributed by atoms with Crippen molar-refractivity contribution in [1.29, 1.82) is 0 Å². The Balaban J connectivity index is 1.53. The molecule has 4 heterocycles. The highest BCUT2D eigenvalue weighted by atomic mass is 16.3. The van der Waals surface area contributed by atoms with Crippen molar-refractivity contribution in [2.75, 3.05) is 24.3 Å². The lowest BCUT2D eigenvalue weighted by atomic mass is 10.1. The Morgan fingerprint density at radius 1 is 1.11 bits per heavy atom. The zero-order chi connectivity index (χ0) is 27.0. The smallest absolute Gasteiger partial charge is 0.278 e. The van der Waals surface area contributed by atoms with E-state index in [0.29, 0.717) is 34.2 Å². The third kappa shape index (κ3) is 4.66. The van der Waals surface area contributed by atoms with E-state index in [9.17, 15) is 9.90 Å². The number of fused-ring (bicyclic) bond motifs is 1. The molecule has 11 nitrogen and oxygen atoms in total. The SMILES string of the molecule is C=CCn1c(=O)c2cnc(Nc3cnn(-c4ccc(N(C)C)cc4)c3)nc2n1-c1cccc(C(C)(C)O)n1. The zero-order valence-electron chi connectivity index (χ0n) is 21.7. The number of allylic oxidation sites excluding steroid dienone is 1. The van der Waals surface area contributed by atoms with Gasteiger partial charge in [-0.1, -0.05) is 12.1 Å². The van der Waals surface area contributed by atoms with Crippen molar-refractivity contribution in [3.63, 3.8) is 0 Å². The number of aromatic nitrogens is 7. The number of aliphatic hydroxyl groups is 1. The molecule has 0 aliphatic carbocycles. The second-order valence-corrected chi connectivity index (χ2v) is 9.57. The fraction of sp³-hybridized carbons (Fsp3) is 0.222. The first kappa shape index (κ1) is 24.9. The molecule has 38 heavy (non-hydrogen) atoms. The molecule has 0 unspecified atom stereocenters. The van der Waals surface area contributed by atoms with Gasteiger partial charge in [-0.25, -0.2) is 24.0 Å². The monoisotopic (exact) mass is 511 g/mol. The average molecular weight is 512 g/mol. The summed E-state index contributed by atoms with van der Waals surface area (Å²) in [7, 11) is 3.99. The number of anilines is 3. The van der Waals surface area contributed by atoms with E-state index < -0.39 is 5.60 Å². The van der Waals surface area contributed by atoms with Crippen molar-refractivity contribution in [2.45, 2.75) is 26.0 Å². The molecular formula is C27H29N9O2. The number of hydrogen-bond donors (Lipinski definition) is 2. The van der Waals surface area contributed by atoms with Crippen LogP contribution in [0, 0.1) is 0 Å². The Labute approximate surface area is 219 Å². The lowest BCUT2D eigenvalue weighted by molar-refractivity contribution is 0.0738. The summed E-state index contributed by atoms with van der Waals surface area (Å²) >= 11 is 0. The van der Waals surface area contributed by atoms with Crippen molar-refractivity contribution in [1.82, 2.24) is 34.1 Å². The Bertz CT molecular complexity index is 1670. The van der Waals surface area contributed by atoms with Gasteiger partial charge in [-0.2, -0.15) is 10.1 Å². The number of rotatable bonds is 8. The molecule has 0 bridgehead atoms. The first-order valence-electron chi connectivity index (χ1n) is 12.0. The molecular weight excluding hydrogens is 482 g/mol. The number of nitrogens with one attached hydrogen (secondary N) is 1. The van der Waals surface area contributed by atoms with Crippen molar-refractivity contribution >= 4 is 28.4 Å². The fourth-order valence-electron chi connectivity index (χ4n) is 4.05. The van der Waals surface area contributed by atoms with Gasteiger partial charge in [0.25, 0.3) is 5.56 Å². The van der Waals surface area contributed by atoms with Gasteiger partial charge in [0.2, 0.25) is 5.95 Å². The zero-order valence-corrected chi connectivity index (χ0v) is 21.7. The summed E-state index contributed by atoms with van der Waals surface area (Å²) in [6.45, 7) is 7.34. The molecule has 0 saturated heterocycles. The predicted octanol–water partition coefficient (Wildman–Crippen LogP) is 3.39. The first-order chi connectivity index (χ1) is 18.2. The number of benzene rings is 1. The van der Waals surface area contributed by atoms with Crippen LogP contribution in [0.25, 0.3) is 22.5 Å². The van der Waals surface area contributed by atoms with Crippen LogP contribution in [0.3, 0.4) is 0 Å². The summed E-state index contributed by atoms with van der Waals surface area (Å²) in [6, 6.07) is 13.3. The van der Waals surface area contributed by atoms with Crippen molar-refractivity contribution in [2.24, 2.45) is 0 Å². The highest BCUT2D eigenvalue weighted by Crippen LogP contribution is 2.22. The van der Waals surface area contributed by atoms with E-state index in [1.54, 1.807) is 53.7 Å². The van der Waals surface area contributed by atoms with E-state index in [4.69, 9.17) is 0 Å². The number of pyridine rings is 1. The van der Waals surface area contributed by atoms with Crippen LogP contribution < -0.4 is 15.8 Å². The maximum atomic E-state index is 13.2. The van der Waals surface area contributed by atoms with E-state index >= 15 is 0 Å². The van der Waals surface area contributed by atoms with Crippen molar-refractivity contribution < 1.29 is 5.11 Å². The Morgan fingerprint density at radius 3 is 2.55 bits per heavy atom. The molecule has 0 amide bonds. The van der Waals surface area contributed by atoms with Crippen LogP contribution in [0.5, 0.6) is 0 Å². The third-order valence-corrected chi connectivity index (χ3v) is 6.03. The molecule has 0 radical (unpaired) electrons. The molecule has 5 aromatic rings. The highest BCUT2D eigenvalue weighted by Gasteiger charge is 2.21. The van der Waals surface area contributed by atoms with Gasteiger partial charge in [-0.05, 0) is 50.2 Å². The molecule has 0 aliphatic rings. The van der Waals surface area contributed by atoms with Gasteiger partial charge in [-0.3, -0.25) is 4.79 Å². The minimum Gasteiger partial charge on any atom is -0.384 e. The van der Waals surface area contributed by atoms with Crippen LogP contribution in [0.4, 0.5) is 17.3 Å². The van der Waals surface area contributed by atoms with Gasteiger partial charge >= 0.3 is 0 Å². The van der Waals surface area contributed by atoms with Gasteiger partial charge in [0.1, 0.15) is 11.0 Å². The van der Waals surface area contributed by atoms with E-state index in [1.807, 2.05) is 49.5 Å². The van der Waals surface area contributed by atoms with Crippen molar-refractivity contribution in [3.8, 4) is 11.5 Å². The summed E-state index contributed by atoms with van der Waals surface area (Å²) < 4.78 is 4.86. The Kier molecular flexibility index (Phi) is 6.29. The summed E-state index contributed by atoms with van der Waals surface area (Å²) in [5.74, 6) is 0.736. The van der Waals surface area contributed by atoms with E-state index in [-0.39, 0.29) is 12.1 Å². The van der Waals surface area contributed by atoms with Crippen LogP contribution in [0.15, 0.2) is 78.5 Å². The number of nitrogens with zero attached hydrogens (tertiary/aromatic N) is 8. The molecule has 0 saturated carbocycles. The topological polar surface area (TPSA) is 119 Å². The summed E-state index contributed by atoms with van der Waals surface area (Å²) in [5, 5.41) is 18.4. The van der Waals surface area contributed by atoms with Crippen LogP contribution in [0.1, 0.15) is 19.5 Å². The maximum Gasteiger partial charge on any atom is 0.278 e. The summed E-state index contributed by atoms with van der Waals surface area (Å²) in [4.78, 5) is 28.9. The van der Waals surface area contributed by atoms with Gasteiger partial charge < -0.3 is 15.3 Å². The van der Waals surface area contributed by atoms with Crippen LogP contribution in [0.2, 0.25) is 0 Å². The molecule has 0 fully saturated rings. The van der Waals surface area contributed by atoms with Gasteiger partial charge in [0.15, 0.2) is 11.5 Å². The maximum absolute atomic E-state index is 13.2. The molecule has 0 spiro atoms. The lowest BCUT2D eigenvalue weighted by Gasteiger charge is -2.18. The second-order valence-electron chi connectivity index (χ2n) is 9.57. The number of hydrogen-bond acceptors (Lipinski definition) is 8. The molecule has 1 aromatic carbocycles. The van der Waals surface area contributed by atoms with Gasteiger partial charge in [0.05, 0.1) is 36.0 Å². The molecule has 194 valence electrons. The fourth-order valence-corrected chi connectivity index (χ4v) is 4.05. The van der Waals surface area contributed by atoms with Gasteiger partial charge in [0, 0.05) is 26.0 Å². The lowest BCUT2D eigenvalue weighted by Crippen LogP contribution is -2.23. The normalized spacial score (nSPS) is 11.6. The van der Waals surface area contributed by atoms with Gasteiger partial charge in [-0.15, -0.1) is 6.58 Å². The minimum absolute atomic E-state index is 0.242. The molecule has 11 heteroatoms. The molecule has 5 rings (SSSR count). The standard InChI is InChI=1S/C27H29N9O2/c1-6-14-35-25(37)21-16-28-26(32-24(21)36(35)23-9-7-8-22(31-23)27(2,3)38)30-18-15-29-34(17-18)20-12-10-19(11-13-20)33(4)5/h6-13,15-17,38H,1,14H2,2-5H3,(H,28,30,32). The van der Waals surface area contributed by atoms with Crippen LogP contribution >= 0.6 is 0 Å². The molecule has 4 aromatic heterocycles. The Morgan fingerprint density at radius 2 is 1.87 bits per heavy atom. The summed E-state index contributed by atoms with van der Waals surface area (Å²) in [5.41, 5.74) is 2.11. The van der Waals surface area contributed by atoms with E-state index in [1.165, 1.54) is 10.9 Å². The predicted molar refractivity (Wildman–Crippen MR) is 148 cm³/mol. The van der Waals surface area contributed by atoms with Crippen LogP contribution in [-0.4, -0.2) is 53.3 Å². The highest BCUT2D eigenvalue weighted by molar-refractivity contribution is 5.77. The first-order valence-corrected chi connectivity index (χ1v) is 12.0. The molecule has 0 atom stereocenters. The van der Waals surface area contributed by atoms with Crippen molar-refractivity contribution in [3.05, 3.63) is 89.8 Å². The Hall–Kier alpha value is -4.77. The van der Waals surface area contributed by atoms with Crippen LogP contribution in [-0.2, 0) is 12.1 Å². The average Bonchev–Trinajstić information content (AvgIpc) is 3.46. The van der Waals surface area contributed by atoms with E-state index in [2.05, 4.69) is 31.9 Å². The molecule has 0 aliphatic heterocycles. The minimum atomic E-state index is -1.16. The summed E-state index contributed by atoms with van der Waals surface area (Å²) in [6.07, 6.45) is 6.64. The molecule has 2 N–H and O–H groups in total. The van der Waals surface area contributed by atoms with E-state index in [0.717, 1.165) is 11.4 Å².